The van der Waals surface area contributed by atoms with Crippen LogP contribution < -0.4 is 16.0 Å². The van der Waals surface area contributed by atoms with Gasteiger partial charge in [0.25, 0.3) is 5.91 Å². The van der Waals surface area contributed by atoms with Crippen LogP contribution in [0.25, 0.3) is 0 Å². The van der Waals surface area contributed by atoms with E-state index in [1.165, 1.54) is 6.20 Å². The quantitative estimate of drug-likeness (QED) is 0.358. The summed E-state index contributed by atoms with van der Waals surface area (Å²) in [4.78, 5) is 22.5. The van der Waals surface area contributed by atoms with Gasteiger partial charge in [-0.05, 0) is 48.2 Å². The maximum absolute atomic E-state index is 12.7. The molecule has 1 aliphatic rings. The van der Waals surface area contributed by atoms with Crippen LogP contribution in [0.5, 0.6) is 0 Å². The Balaban J connectivity index is 1.47. The Labute approximate surface area is 216 Å². The highest BCUT2D eigenvalue weighted by atomic mass is 35.5. The molecule has 8 nitrogen and oxygen atoms in total. The second-order valence-electron chi connectivity index (χ2n) is 8.61. The number of nitrogens with one attached hydrogen (secondary N) is 3. The molecular weight excluding hydrogens is 509 g/mol. The summed E-state index contributed by atoms with van der Waals surface area (Å²) >= 11 is 6.30. The fourth-order valence-electron chi connectivity index (χ4n) is 4.08. The molecule has 2 heterocycles. The van der Waals surface area contributed by atoms with E-state index in [-0.39, 0.29) is 16.9 Å². The van der Waals surface area contributed by atoms with Crippen molar-refractivity contribution < 1.29 is 23.1 Å². The standard InChI is InChI=1S/C25H26ClF3N6O2/c1-30-23(37)18-4-2-3-5-20(18)33-22-19(26)13-31-24(34-22)32-17-7-6-15-8-10-35(11-9-16(15)12-17)14-21(36)25(27,28)29/h2-7,12-13,21,36H,8-11,14H2,1H3,(H,30,37)(H2,31,32,33,34). The van der Waals surface area contributed by atoms with E-state index < -0.39 is 18.8 Å². The molecule has 0 saturated carbocycles. The van der Waals surface area contributed by atoms with Crippen molar-refractivity contribution >= 4 is 40.6 Å². The number of carbonyl (C=O) groups is 1. The molecule has 196 valence electrons. The second kappa shape index (κ2) is 11.3. The second-order valence-corrected chi connectivity index (χ2v) is 9.01. The topological polar surface area (TPSA) is 102 Å². The number of rotatable bonds is 7. The van der Waals surface area contributed by atoms with Crippen LogP contribution in [0.2, 0.25) is 5.02 Å². The van der Waals surface area contributed by atoms with E-state index >= 15 is 0 Å². The summed E-state index contributed by atoms with van der Waals surface area (Å²) in [6, 6.07) is 12.6. The van der Waals surface area contributed by atoms with E-state index in [0.29, 0.717) is 48.7 Å². The van der Waals surface area contributed by atoms with Crippen molar-refractivity contribution in [2.24, 2.45) is 0 Å². The number of hydrogen-bond acceptors (Lipinski definition) is 7. The van der Waals surface area contributed by atoms with Crippen LogP contribution in [0.3, 0.4) is 0 Å². The molecule has 1 atom stereocenters. The number of amides is 1. The smallest absolute Gasteiger partial charge is 0.382 e. The third-order valence-electron chi connectivity index (χ3n) is 6.06. The first kappa shape index (κ1) is 26.6. The highest BCUT2D eigenvalue weighted by Gasteiger charge is 2.39. The third kappa shape index (κ3) is 6.68. The minimum absolute atomic E-state index is 0.261. The highest BCUT2D eigenvalue weighted by molar-refractivity contribution is 6.33. The molecule has 1 amide bonds. The Bertz CT molecular complexity index is 1270. The summed E-state index contributed by atoms with van der Waals surface area (Å²) in [5.74, 6) is 0.319. The predicted molar refractivity (Wildman–Crippen MR) is 136 cm³/mol. The molecule has 2 aromatic carbocycles. The maximum atomic E-state index is 12.7. The van der Waals surface area contributed by atoms with Crippen LogP contribution in [0.4, 0.5) is 36.3 Å². The summed E-state index contributed by atoms with van der Waals surface area (Å²) in [6.45, 7) is 0.389. The van der Waals surface area contributed by atoms with Gasteiger partial charge in [0.15, 0.2) is 11.9 Å². The number of anilines is 4. The normalized spacial score (nSPS) is 14.9. The molecule has 12 heteroatoms. The maximum Gasteiger partial charge on any atom is 0.415 e. The van der Waals surface area contributed by atoms with E-state index in [0.717, 1.165) is 11.1 Å². The molecule has 3 aromatic rings. The SMILES string of the molecule is CNC(=O)c1ccccc1Nc1nc(Nc2ccc3c(c2)CCN(CC(O)C(F)(F)F)CC3)ncc1Cl. The van der Waals surface area contributed by atoms with Gasteiger partial charge in [-0.3, -0.25) is 9.69 Å². The van der Waals surface area contributed by atoms with Crippen LogP contribution in [0.15, 0.2) is 48.7 Å². The number of β-amino-alcohol motifs (C(OH)–C–C–N with tert-alkyl or cyclic N) is 1. The zero-order chi connectivity index (χ0) is 26.6. The summed E-state index contributed by atoms with van der Waals surface area (Å²) in [5.41, 5.74) is 3.71. The lowest BCUT2D eigenvalue weighted by Gasteiger charge is -2.24. The van der Waals surface area contributed by atoms with Crippen LogP contribution in [0, 0.1) is 0 Å². The lowest BCUT2D eigenvalue weighted by Crippen LogP contribution is -2.41. The molecule has 1 aliphatic heterocycles. The zero-order valence-corrected chi connectivity index (χ0v) is 20.7. The fourth-order valence-corrected chi connectivity index (χ4v) is 4.21. The number of carbonyl (C=O) groups excluding carboxylic acids is 1. The number of halogens is 4. The number of hydrogen-bond donors (Lipinski definition) is 4. The molecule has 4 N–H and O–H groups in total. The van der Waals surface area contributed by atoms with Crippen molar-refractivity contribution in [1.29, 1.82) is 0 Å². The van der Waals surface area contributed by atoms with Gasteiger partial charge in [-0.2, -0.15) is 18.2 Å². The van der Waals surface area contributed by atoms with Crippen molar-refractivity contribution in [3.05, 3.63) is 70.4 Å². The number of aliphatic hydroxyl groups excluding tert-OH is 1. The number of alkyl halides is 3. The van der Waals surface area contributed by atoms with E-state index in [9.17, 15) is 23.1 Å². The average Bonchev–Trinajstić information content (AvgIpc) is 3.07. The summed E-state index contributed by atoms with van der Waals surface area (Å²) < 4.78 is 38.2. The molecule has 0 saturated heterocycles. The van der Waals surface area contributed by atoms with Gasteiger partial charge in [0.2, 0.25) is 5.95 Å². The van der Waals surface area contributed by atoms with E-state index in [2.05, 4.69) is 25.9 Å². The monoisotopic (exact) mass is 534 g/mol. The van der Waals surface area contributed by atoms with Gasteiger partial charge < -0.3 is 21.1 Å². The van der Waals surface area contributed by atoms with Gasteiger partial charge in [0.1, 0.15) is 5.02 Å². The highest BCUT2D eigenvalue weighted by Crippen LogP contribution is 2.28. The number of benzene rings is 2. The molecule has 0 bridgehead atoms. The molecule has 0 spiro atoms. The van der Waals surface area contributed by atoms with Crippen LogP contribution in [-0.4, -0.2) is 64.8 Å². The molecule has 37 heavy (non-hydrogen) atoms. The van der Waals surface area contributed by atoms with Gasteiger partial charge in [0.05, 0.1) is 17.4 Å². The van der Waals surface area contributed by atoms with Gasteiger partial charge in [-0.25, -0.2) is 4.98 Å². The minimum atomic E-state index is -4.63. The first-order chi connectivity index (χ1) is 17.6. The molecule has 1 aromatic heterocycles. The summed E-state index contributed by atoms with van der Waals surface area (Å²) in [5, 5.41) is 18.5. The van der Waals surface area contributed by atoms with Crippen LogP contribution in [0.1, 0.15) is 21.5 Å². The van der Waals surface area contributed by atoms with Gasteiger partial charge in [0, 0.05) is 32.4 Å². The number of fused-ring (bicyclic) bond motifs is 1. The predicted octanol–water partition coefficient (Wildman–Crippen LogP) is 4.30. The Morgan fingerprint density at radius 1 is 1.14 bits per heavy atom. The number of aliphatic hydroxyl groups is 1. The minimum Gasteiger partial charge on any atom is -0.382 e. The van der Waals surface area contributed by atoms with Crippen molar-refractivity contribution in [3.8, 4) is 0 Å². The van der Waals surface area contributed by atoms with Crippen molar-refractivity contribution in [2.75, 3.05) is 37.3 Å². The number of aromatic nitrogens is 2. The Kier molecular flexibility index (Phi) is 8.16. The van der Waals surface area contributed by atoms with Crippen molar-refractivity contribution in [1.82, 2.24) is 20.2 Å². The third-order valence-corrected chi connectivity index (χ3v) is 6.34. The number of nitrogens with zero attached hydrogens (tertiary/aromatic N) is 3. The first-order valence-electron chi connectivity index (χ1n) is 11.6. The fraction of sp³-hybridized carbons (Fsp3) is 0.320. The lowest BCUT2D eigenvalue weighted by atomic mass is 10.0. The van der Waals surface area contributed by atoms with Crippen molar-refractivity contribution in [2.45, 2.75) is 25.1 Å². The molecular formula is C25H26ClF3N6O2. The van der Waals surface area contributed by atoms with E-state index in [4.69, 9.17) is 11.6 Å². The van der Waals surface area contributed by atoms with Gasteiger partial charge >= 0.3 is 6.18 Å². The first-order valence-corrected chi connectivity index (χ1v) is 12.0. The van der Waals surface area contributed by atoms with Gasteiger partial charge in [-0.1, -0.05) is 29.8 Å². The molecule has 0 radical (unpaired) electrons. The van der Waals surface area contributed by atoms with E-state index in [1.807, 2.05) is 18.2 Å². The molecule has 4 rings (SSSR count). The zero-order valence-electron chi connectivity index (χ0n) is 19.9. The number of para-hydroxylation sites is 1. The van der Waals surface area contributed by atoms with E-state index in [1.54, 1.807) is 36.2 Å². The molecule has 1 unspecified atom stereocenters. The Hall–Kier alpha value is -3.41. The molecule has 0 fully saturated rings. The van der Waals surface area contributed by atoms with Crippen LogP contribution >= 0.6 is 11.6 Å². The summed E-state index contributed by atoms with van der Waals surface area (Å²) in [7, 11) is 1.54. The largest absolute Gasteiger partial charge is 0.415 e. The summed E-state index contributed by atoms with van der Waals surface area (Å²) in [6.07, 6.45) is -4.43. The molecule has 0 aliphatic carbocycles. The van der Waals surface area contributed by atoms with Crippen LogP contribution in [-0.2, 0) is 12.8 Å². The Morgan fingerprint density at radius 2 is 1.86 bits per heavy atom. The van der Waals surface area contributed by atoms with Crippen molar-refractivity contribution in [3.63, 3.8) is 0 Å². The lowest BCUT2D eigenvalue weighted by molar-refractivity contribution is -0.208. The average molecular weight is 535 g/mol. The Morgan fingerprint density at radius 3 is 2.59 bits per heavy atom. The van der Waals surface area contributed by atoms with Gasteiger partial charge in [-0.15, -0.1) is 0 Å².